The maximum Gasteiger partial charge on any atom is 0.191 e. The Kier molecular flexibility index (Phi) is 8.34. The van der Waals surface area contributed by atoms with Gasteiger partial charge in [-0.05, 0) is 43.2 Å². The summed E-state index contributed by atoms with van der Waals surface area (Å²) in [4.78, 5) is 11.7. The molecule has 3 aromatic rings. The van der Waals surface area contributed by atoms with E-state index in [2.05, 4.69) is 45.6 Å². The summed E-state index contributed by atoms with van der Waals surface area (Å²) in [6.07, 6.45) is 2.91. The molecule has 1 fully saturated rings. The average Bonchev–Trinajstić information content (AvgIpc) is 3.26. The third-order valence-corrected chi connectivity index (χ3v) is 5.45. The fourth-order valence-electron chi connectivity index (χ4n) is 3.96. The molecule has 6 nitrogen and oxygen atoms in total. The smallest absolute Gasteiger partial charge is 0.191 e. The van der Waals surface area contributed by atoms with E-state index in [4.69, 9.17) is 9.73 Å². The lowest BCUT2D eigenvalue weighted by Crippen LogP contribution is -2.44. The zero-order valence-corrected chi connectivity index (χ0v) is 20.4. The van der Waals surface area contributed by atoms with Gasteiger partial charge >= 0.3 is 0 Å². The van der Waals surface area contributed by atoms with Gasteiger partial charge in [-0.1, -0.05) is 30.3 Å². The second kappa shape index (κ2) is 11.2. The Morgan fingerprint density at radius 3 is 2.81 bits per heavy atom. The molecule has 0 amide bonds. The fourth-order valence-corrected chi connectivity index (χ4v) is 3.96. The van der Waals surface area contributed by atoms with Gasteiger partial charge in [0.1, 0.15) is 5.75 Å². The predicted molar refractivity (Wildman–Crippen MR) is 139 cm³/mol. The van der Waals surface area contributed by atoms with E-state index in [0.29, 0.717) is 12.6 Å². The van der Waals surface area contributed by atoms with Crippen LogP contribution in [0.15, 0.2) is 65.8 Å². The third kappa shape index (κ3) is 5.58. The normalized spacial score (nSPS) is 16.1. The van der Waals surface area contributed by atoms with Crippen LogP contribution in [-0.2, 0) is 6.54 Å². The first kappa shape index (κ1) is 23.1. The summed E-state index contributed by atoms with van der Waals surface area (Å²) in [6, 6.07) is 18.8. The van der Waals surface area contributed by atoms with Gasteiger partial charge < -0.3 is 20.3 Å². The van der Waals surface area contributed by atoms with Crippen LogP contribution in [0.1, 0.15) is 18.9 Å². The van der Waals surface area contributed by atoms with E-state index in [1.165, 1.54) is 5.56 Å². The average molecular weight is 531 g/mol. The van der Waals surface area contributed by atoms with E-state index in [9.17, 15) is 0 Å². The van der Waals surface area contributed by atoms with Crippen molar-refractivity contribution in [1.82, 2.24) is 15.6 Å². The van der Waals surface area contributed by atoms with Crippen molar-refractivity contribution in [2.75, 3.05) is 31.6 Å². The molecule has 164 valence electrons. The Morgan fingerprint density at radius 2 is 1.97 bits per heavy atom. The summed E-state index contributed by atoms with van der Waals surface area (Å²) >= 11 is 0. The second-order valence-corrected chi connectivity index (χ2v) is 7.43. The highest BCUT2D eigenvalue weighted by atomic mass is 127. The number of pyridine rings is 1. The van der Waals surface area contributed by atoms with Crippen molar-refractivity contribution in [2.45, 2.75) is 25.9 Å². The van der Waals surface area contributed by atoms with Crippen LogP contribution in [-0.4, -0.2) is 43.7 Å². The molecule has 0 aliphatic carbocycles. The Morgan fingerprint density at radius 1 is 1.16 bits per heavy atom. The molecule has 2 N–H and O–H groups in total. The molecular weight excluding hydrogens is 501 g/mol. The van der Waals surface area contributed by atoms with Crippen molar-refractivity contribution in [1.29, 1.82) is 0 Å². The summed E-state index contributed by atoms with van der Waals surface area (Å²) < 4.78 is 5.53. The van der Waals surface area contributed by atoms with Gasteiger partial charge in [-0.2, -0.15) is 0 Å². The quantitative estimate of drug-likeness (QED) is 0.284. The number of benzene rings is 2. The summed E-state index contributed by atoms with van der Waals surface area (Å²) in [5.41, 5.74) is 3.33. The van der Waals surface area contributed by atoms with Crippen LogP contribution in [0.4, 0.5) is 5.69 Å². The number of methoxy groups -OCH3 is 1. The molecule has 0 spiro atoms. The molecule has 0 saturated carbocycles. The third-order valence-electron chi connectivity index (χ3n) is 5.45. The molecule has 2 heterocycles. The highest BCUT2D eigenvalue weighted by Gasteiger charge is 2.25. The van der Waals surface area contributed by atoms with Gasteiger partial charge in [0.2, 0.25) is 0 Å². The number of rotatable bonds is 6. The van der Waals surface area contributed by atoms with Crippen LogP contribution >= 0.6 is 24.0 Å². The Balaban J connectivity index is 0.00000272. The molecule has 1 aliphatic rings. The van der Waals surface area contributed by atoms with Gasteiger partial charge in [0, 0.05) is 37.3 Å². The Hall–Kier alpha value is -2.55. The Labute approximate surface area is 201 Å². The number of aromatic nitrogens is 1. The molecule has 1 unspecified atom stereocenters. The van der Waals surface area contributed by atoms with Gasteiger partial charge in [-0.15, -0.1) is 24.0 Å². The molecule has 1 saturated heterocycles. The predicted octanol–water partition coefficient (Wildman–Crippen LogP) is 4.20. The molecule has 7 heteroatoms. The van der Waals surface area contributed by atoms with Gasteiger partial charge in [0.05, 0.1) is 24.9 Å². The van der Waals surface area contributed by atoms with E-state index in [1.54, 1.807) is 7.11 Å². The summed E-state index contributed by atoms with van der Waals surface area (Å²) in [6.45, 7) is 5.44. The maximum absolute atomic E-state index is 5.53. The lowest BCUT2D eigenvalue weighted by Gasteiger charge is -2.22. The van der Waals surface area contributed by atoms with Gasteiger partial charge in [-0.25, -0.2) is 4.99 Å². The number of para-hydroxylation sites is 3. The highest BCUT2D eigenvalue weighted by molar-refractivity contribution is 14.0. The van der Waals surface area contributed by atoms with E-state index in [-0.39, 0.29) is 24.0 Å². The lowest BCUT2D eigenvalue weighted by atomic mass is 10.1. The van der Waals surface area contributed by atoms with E-state index >= 15 is 0 Å². The summed E-state index contributed by atoms with van der Waals surface area (Å²) in [5.74, 6) is 1.77. The SMILES string of the molecule is CCNC(=NCc1ccnc2ccccc12)NC1CCN(c2ccccc2OC)C1.I. The number of fused-ring (bicyclic) bond motifs is 1. The molecular formula is C24H30IN5O. The molecule has 4 rings (SSSR count). The molecule has 1 atom stereocenters. The van der Waals surface area contributed by atoms with Crippen LogP contribution in [0, 0.1) is 0 Å². The first-order valence-electron chi connectivity index (χ1n) is 10.5. The van der Waals surface area contributed by atoms with Gasteiger partial charge in [0.25, 0.3) is 0 Å². The van der Waals surface area contributed by atoms with Crippen molar-refractivity contribution in [3.8, 4) is 5.75 Å². The van der Waals surface area contributed by atoms with E-state index in [1.807, 2.05) is 42.6 Å². The Bertz CT molecular complexity index is 1020. The number of hydrogen-bond acceptors (Lipinski definition) is 4. The minimum absolute atomic E-state index is 0. The van der Waals surface area contributed by atoms with Crippen LogP contribution in [0.5, 0.6) is 5.75 Å². The molecule has 31 heavy (non-hydrogen) atoms. The fraction of sp³-hybridized carbons (Fsp3) is 0.333. The standard InChI is InChI=1S/C24H29N5O.HI/c1-3-25-24(27-16-18-12-14-26-21-9-5-4-8-20(18)21)28-19-13-15-29(17-19)22-10-6-7-11-23(22)30-2;/h4-12,14,19H,3,13,15-17H2,1-2H3,(H2,25,27,28);1H. The first-order valence-corrected chi connectivity index (χ1v) is 10.5. The minimum Gasteiger partial charge on any atom is -0.495 e. The zero-order chi connectivity index (χ0) is 20.8. The maximum atomic E-state index is 5.53. The molecule has 1 aromatic heterocycles. The van der Waals surface area contributed by atoms with Crippen LogP contribution in [0.2, 0.25) is 0 Å². The minimum atomic E-state index is 0. The summed E-state index contributed by atoms with van der Waals surface area (Å²) in [5, 5.41) is 8.15. The van der Waals surface area contributed by atoms with Crippen LogP contribution < -0.4 is 20.3 Å². The number of halogens is 1. The van der Waals surface area contributed by atoms with Gasteiger partial charge in [-0.3, -0.25) is 4.98 Å². The molecule has 1 aliphatic heterocycles. The number of hydrogen-bond donors (Lipinski definition) is 2. The largest absolute Gasteiger partial charge is 0.495 e. The number of nitrogens with one attached hydrogen (secondary N) is 2. The van der Waals surface area contributed by atoms with Crippen LogP contribution in [0.25, 0.3) is 10.9 Å². The molecule has 0 bridgehead atoms. The number of aliphatic imine (C=N–C) groups is 1. The van der Waals surface area contributed by atoms with E-state index < -0.39 is 0 Å². The van der Waals surface area contributed by atoms with Crippen molar-refractivity contribution >= 4 is 46.5 Å². The first-order chi connectivity index (χ1) is 14.8. The van der Waals surface area contributed by atoms with E-state index in [0.717, 1.165) is 54.4 Å². The lowest BCUT2D eigenvalue weighted by molar-refractivity contribution is 0.415. The van der Waals surface area contributed by atoms with Crippen molar-refractivity contribution < 1.29 is 4.74 Å². The summed E-state index contributed by atoms with van der Waals surface area (Å²) in [7, 11) is 1.73. The number of anilines is 1. The number of guanidine groups is 1. The van der Waals surface area contributed by atoms with Crippen molar-refractivity contribution in [3.05, 3.63) is 66.4 Å². The second-order valence-electron chi connectivity index (χ2n) is 7.43. The van der Waals surface area contributed by atoms with Crippen molar-refractivity contribution in [2.24, 2.45) is 4.99 Å². The number of ether oxygens (including phenoxy) is 1. The van der Waals surface area contributed by atoms with Gasteiger partial charge in [0.15, 0.2) is 5.96 Å². The highest BCUT2D eigenvalue weighted by Crippen LogP contribution is 2.30. The van der Waals surface area contributed by atoms with Crippen LogP contribution in [0.3, 0.4) is 0 Å². The molecule has 0 radical (unpaired) electrons. The molecule has 2 aromatic carbocycles. The monoisotopic (exact) mass is 531 g/mol. The zero-order valence-electron chi connectivity index (χ0n) is 18.0. The number of nitrogens with zero attached hydrogens (tertiary/aromatic N) is 3. The van der Waals surface area contributed by atoms with Crippen molar-refractivity contribution in [3.63, 3.8) is 0 Å². The topological polar surface area (TPSA) is 61.8 Å².